The molecule has 3 heteroatoms. The van der Waals surface area contributed by atoms with Crippen LogP contribution in [0.25, 0.3) is 0 Å². The summed E-state index contributed by atoms with van der Waals surface area (Å²) in [5.41, 5.74) is 2.63. The predicted molar refractivity (Wildman–Crippen MR) is 85.7 cm³/mol. The average Bonchev–Trinajstić information content (AvgIpc) is 2.53. The lowest BCUT2D eigenvalue weighted by molar-refractivity contribution is 0.401. The summed E-state index contributed by atoms with van der Waals surface area (Å²) < 4.78 is 5.60. The molecule has 0 spiro atoms. The van der Waals surface area contributed by atoms with Gasteiger partial charge in [0.05, 0.1) is 7.11 Å². The maximum atomic E-state index is 5.60. The van der Waals surface area contributed by atoms with Crippen LogP contribution >= 0.6 is 0 Å². The van der Waals surface area contributed by atoms with Gasteiger partial charge in [0.2, 0.25) is 0 Å². The molecule has 1 fully saturated rings. The lowest BCUT2D eigenvalue weighted by Gasteiger charge is -2.39. The summed E-state index contributed by atoms with van der Waals surface area (Å²) in [6, 6.07) is 7.39. The van der Waals surface area contributed by atoms with Crippen molar-refractivity contribution in [1.29, 1.82) is 0 Å². The van der Waals surface area contributed by atoms with Crippen molar-refractivity contribution in [2.24, 2.45) is 0 Å². The van der Waals surface area contributed by atoms with E-state index in [1.807, 2.05) is 7.05 Å². The number of hydrogen-bond donors (Lipinski definition) is 1. The molecule has 1 saturated heterocycles. The SMILES string of the molecule is CCC1CCCCN1c1cccc(OC)c1C(C)NC. The van der Waals surface area contributed by atoms with Crippen LogP contribution < -0.4 is 15.0 Å². The maximum Gasteiger partial charge on any atom is 0.125 e. The number of rotatable bonds is 5. The van der Waals surface area contributed by atoms with Gasteiger partial charge in [-0.25, -0.2) is 0 Å². The Balaban J connectivity index is 2.43. The first-order valence-corrected chi connectivity index (χ1v) is 7.83. The molecule has 0 bridgehead atoms. The minimum Gasteiger partial charge on any atom is -0.496 e. The molecule has 3 nitrogen and oxygen atoms in total. The average molecular weight is 276 g/mol. The van der Waals surface area contributed by atoms with E-state index in [1.54, 1.807) is 7.11 Å². The van der Waals surface area contributed by atoms with Gasteiger partial charge in [0.15, 0.2) is 0 Å². The molecule has 0 amide bonds. The molecule has 0 radical (unpaired) electrons. The molecule has 1 aliphatic heterocycles. The number of ether oxygens (including phenoxy) is 1. The molecule has 2 rings (SSSR count). The van der Waals surface area contributed by atoms with Gasteiger partial charge in [-0.3, -0.25) is 0 Å². The molecular weight excluding hydrogens is 248 g/mol. The highest BCUT2D eigenvalue weighted by molar-refractivity contribution is 5.61. The highest BCUT2D eigenvalue weighted by Gasteiger charge is 2.25. The number of methoxy groups -OCH3 is 1. The van der Waals surface area contributed by atoms with Gasteiger partial charge in [-0.15, -0.1) is 0 Å². The smallest absolute Gasteiger partial charge is 0.125 e. The van der Waals surface area contributed by atoms with Crippen molar-refractivity contribution in [3.05, 3.63) is 23.8 Å². The van der Waals surface area contributed by atoms with Gasteiger partial charge < -0.3 is 15.0 Å². The first kappa shape index (κ1) is 15.2. The first-order valence-electron chi connectivity index (χ1n) is 7.83. The molecule has 0 saturated carbocycles. The minimum absolute atomic E-state index is 0.292. The molecule has 2 atom stereocenters. The van der Waals surface area contributed by atoms with E-state index in [9.17, 15) is 0 Å². The van der Waals surface area contributed by atoms with Crippen molar-refractivity contribution >= 4 is 5.69 Å². The van der Waals surface area contributed by atoms with Gasteiger partial charge in [0, 0.05) is 29.9 Å². The van der Waals surface area contributed by atoms with E-state index in [0.29, 0.717) is 12.1 Å². The van der Waals surface area contributed by atoms with Crippen LogP contribution in [0.15, 0.2) is 18.2 Å². The van der Waals surface area contributed by atoms with E-state index in [1.165, 1.54) is 36.9 Å². The van der Waals surface area contributed by atoms with Gasteiger partial charge in [0.25, 0.3) is 0 Å². The third-order valence-corrected chi connectivity index (χ3v) is 4.54. The van der Waals surface area contributed by atoms with Crippen LogP contribution in [0.5, 0.6) is 5.75 Å². The first-order chi connectivity index (χ1) is 9.72. The molecule has 0 aromatic heterocycles. The monoisotopic (exact) mass is 276 g/mol. The summed E-state index contributed by atoms with van der Waals surface area (Å²) in [6.45, 7) is 5.66. The van der Waals surface area contributed by atoms with Gasteiger partial charge in [-0.1, -0.05) is 13.0 Å². The Morgan fingerprint density at radius 1 is 1.40 bits per heavy atom. The van der Waals surface area contributed by atoms with Crippen molar-refractivity contribution in [3.8, 4) is 5.75 Å². The fourth-order valence-electron chi connectivity index (χ4n) is 3.28. The standard InChI is InChI=1S/C17H28N2O/c1-5-14-9-6-7-12-19(14)15-10-8-11-16(20-4)17(15)13(2)18-3/h8,10-11,13-14,18H,5-7,9,12H2,1-4H3. The highest BCUT2D eigenvalue weighted by atomic mass is 16.5. The fraction of sp³-hybridized carbons (Fsp3) is 0.647. The Hall–Kier alpha value is -1.22. The molecule has 1 heterocycles. The second-order valence-electron chi connectivity index (χ2n) is 5.65. The summed E-state index contributed by atoms with van der Waals surface area (Å²) in [5.74, 6) is 0.991. The Morgan fingerprint density at radius 3 is 2.85 bits per heavy atom. The van der Waals surface area contributed by atoms with E-state index in [0.717, 1.165) is 12.3 Å². The van der Waals surface area contributed by atoms with E-state index >= 15 is 0 Å². The van der Waals surface area contributed by atoms with Crippen LogP contribution in [0.1, 0.15) is 51.1 Å². The van der Waals surface area contributed by atoms with E-state index in [4.69, 9.17) is 4.74 Å². The summed E-state index contributed by atoms with van der Waals surface area (Å²) >= 11 is 0. The largest absolute Gasteiger partial charge is 0.496 e. The van der Waals surface area contributed by atoms with Gasteiger partial charge >= 0.3 is 0 Å². The summed E-state index contributed by atoms with van der Waals surface area (Å²) in [7, 11) is 3.77. The quantitative estimate of drug-likeness (QED) is 0.886. The second-order valence-corrected chi connectivity index (χ2v) is 5.65. The van der Waals surface area contributed by atoms with Crippen molar-refractivity contribution in [3.63, 3.8) is 0 Å². The van der Waals surface area contributed by atoms with Crippen LogP contribution in [0.4, 0.5) is 5.69 Å². The normalized spacial score (nSPS) is 20.8. The number of nitrogens with one attached hydrogen (secondary N) is 1. The van der Waals surface area contributed by atoms with Crippen LogP contribution in [0.3, 0.4) is 0 Å². The highest BCUT2D eigenvalue weighted by Crippen LogP contribution is 2.37. The third-order valence-electron chi connectivity index (χ3n) is 4.54. The van der Waals surface area contributed by atoms with Gasteiger partial charge in [0.1, 0.15) is 5.75 Å². The Labute approximate surface area is 123 Å². The molecule has 1 aromatic rings. The number of benzene rings is 1. The summed E-state index contributed by atoms with van der Waals surface area (Å²) in [4.78, 5) is 2.59. The summed E-state index contributed by atoms with van der Waals surface area (Å²) in [6.07, 6.45) is 5.17. The zero-order chi connectivity index (χ0) is 14.5. The maximum absolute atomic E-state index is 5.60. The van der Waals surface area contributed by atoms with Crippen LogP contribution in [0, 0.1) is 0 Å². The number of nitrogens with zero attached hydrogens (tertiary/aromatic N) is 1. The zero-order valence-corrected chi connectivity index (χ0v) is 13.3. The topological polar surface area (TPSA) is 24.5 Å². The van der Waals surface area contributed by atoms with Crippen LogP contribution in [-0.4, -0.2) is 26.7 Å². The fourth-order valence-corrected chi connectivity index (χ4v) is 3.28. The Morgan fingerprint density at radius 2 is 2.20 bits per heavy atom. The lowest BCUT2D eigenvalue weighted by atomic mass is 9.96. The van der Waals surface area contributed by atoms with E-state index < -0.39 is 0 Å². The van der Waals surface area contributed by atoms with Crippen molar-refractivity contribution < 1.29 is 4.74 Å². The van der Waals surface area contributed by atoms with Crippen LogP contribution in [0.2, 0.25) is 0 Å². The number of anilines is 1. The van der Waals surface area contributed by atoms with Gasteiger partial charge in [-0.2, -0.15) is 0 Å². The third kappa shape index (κ3) is 2.93. The molecule has 1 aliphatic rings. The van der Waals surface area contributed by atoms with Crippen LogP contribution in [-0.2, 0) is 0 Å². The van der Waals surface area contributed by atoms with Crippen molar-refractivity contribution in [2.75, 3.05) is 25.6 Å². The molecule has 20 heavy (non-hydrogen) atoms. The minimum atomic E-state index is 0.292. The molecule has 1 N–H and O–H groups in total. The lowest BCUT2D eigenvalue weighted by Crippen LogP contribution is -2.40. The van der Waals surface area contributed by atoms with Gasteiger partial charge in [-0.05, 0) is 51.8 Å². The Bertz CT molecular complexity index is 433. The van der Waals surface area contributed by atoms with E-state index in [-0.39, 0.29) is 0 Å². The number of piperidine rings is 1. The van der Waals surface area contributed by atoms with Crippen molar-refractivity contribution in [2.45, 2.75) is 51.6 Å². The number of hydrogen-bond acceptors (Lipinski definition) is 3. The molecular formula is C17H28N2O. The molecule has 0 aliphatic carbocycles. The predicted octanol–water partition coefficient (Wildman–Crippen LogP) is 3.74. The van der Waals surface area contributed by atoms with E-state index in [2.05, 4.69) is 42.3 Å². The zero-order valence-electron chi connectivity index (χ0n) is 13.3. The summed E-state index contributed by atoms with van der Waals surface area (Å²) in [5, 5.41) is 3.36. The molecule has 2 unspecified atom stereocenters. The second kappa shape index (κ2) is 6.98. The Kier molecular flexibility index (Phi) is 5.30. The van der Waals surface area contributed by atoms with Crippen molar-refractivity contribution in [1.82, 2.24) is 5.32 Å². The molecule has 112 valence electrons. The molecule has 1 aromatic carbocycles.